The van der Waals surface area contributed by atoms with E-state index in [2.05, 4.69) is 25.2 Å². The average molecular weight is 281 g/mol. The maximum atomic E-state index is 5.65. The normalized spacial score (nSPS) is 12.2. The Bertz CT molecular complexity index is 382. The minimum absolute atomic E-state index is 0.324. The van der Waals surface area contributed by atoms with Crippen molar-refractivity contribution in [3.05, 3.63) is 23.8 Å². The van der Waals surface area contributed by atoms with Crippen LogP contribution in [0.5, 0.6) is 11.5 Å². The number of rotatable bonds is 10. The van der Waals surface area contributed by atoms with E-state index in [0.29, 0.717) is 6.04 Å². The van der Waals surface area contributed by atoms with Gasteiger partial charge in [-0.25, -0.2) is 0 Å². The summed E-state index contributed by atoms with van der Waals surface area (Å²) in [5.74, 6) is 1.54. The Morgan fingerprint density at radius 3 is 2.45 bits per heavy atom. The molecule has 0 radical (unpaired) electrons. The summed E-state index contributed by atoms with van der Waals surface area (Å²) in [7, 11) is 3.31. The van der Waals surface area contributed by atoms with Crippen LogP contribution in [0.2, 0.25) is 0 Å². The molecule has 0 aromatic heterocycles. The molecule has 0 spiro atoms. The molecule has 0 saturated carbocycles. The number of hydrogen-bond donors (Lipinski definition) is 1. The lowest BCUT2D eigenvalue weighted by Crippen LogP contribution is -2.35. The number of nitrogens with one attached hydrogen (secondary N) is 1. The van der Waals surface area contributed by atoms with E-state index >= 15 is 0 Å². The summed E-state index contributed by atoms with van der Waals surface area (Å²) in [6.07, 6.45) is 1.97. The lowest BCUT2D eigenvalue weighted by Gasteiger charge is -2.19. The third kappa shape index (κ3) is 5.39. The highest BCUT2D eigenvalue weighted by Gasteiger charge is 2.11. The van der Waals surface area contributed by atoms with Gasteiger partial charge in [-0.3, -0.25) is 0 Å². The highest BCUT2D eigenvalue weighted by atomic mass is 16.5. The Balaban J connectivity index is 2.67. The van der Waals surface area contributed by atoms with Gasteiger partial charge in [-0.2, -0.15) is 0 Å². The SMILES string of the molecule is CCCOCC(Cc1ccc(OC)c(OC)c1)NCC. The monoisotopic (exact) mass is 281 g/mol. The second kappa shape index (κ2) is 9.61. The van der Waals surface area contributed by atoms with E-state index in [9.17, 15) is 0 Å². The summed E-state index contributed by atoms with van der Waals surface area (Å²) < 4.78 is 16.3. The van der Waals surface area contributed by atoms with Crippen molar-refractivity contribution in [2.24, 2.45) is 0 Å². The first kappa shape index (κ1) is 16.8. The number of methoxy groups -OCH3 is 2. The van der Waals surface area contributed by atoms with Crippen LogP contribution < -0.4 is 14.8 Å². The summed E-state index contributed by atoms with van der Waals surface area (Å²) in [6, 6.07) is 6.38. The Morgan fingerprint density at radius 2 is 1.85 bits per heavy atom. The van der Waals surface area contributed by atoms with Gasteiger partial charge in [-0.05, 0) is 37.1 Å². The van der Waals surface area contributed by atoms with E-state index < -0.39 is 0 Å². The van der Waals surface area contributed by atoms with E-state index in [1.165, 1.54) is 5.56 Å². The highest BCUT2D eigenvalue weighted by molar-refractivity contribution is 5.43. The number of likely N-dealkylation sites (N-methyl/N-ethyl adjacent to an activating group) is 1. The fourth-order valence-corrected chi connectivity index (χ4v) is 2.14. The smallest absolute Gasteiger partial charge is 0.160 e. The highest BCUT2D eigenvalue weighted by Crippen LogP contribution is 2.27. The Hall–Kier alpha value is -1.26. The molecule has 1 aromatic rings. The van der Waals surface area contributed by atoms with E-state index in [1.54, 1.807) is 14.2 Å². The van der Waals surface area contributed by atoms with Gasteiger partial charge in [0.05, 0.1) is 20.8 Å². The molecule has 1 rings (SSSR count). The van der Waals surface area contributed by atoms with Gasteiger partial charge in [-0.1, -0.05) is 19.9 Å². The maximum absolute atomic E-state index is 5.65. The van der Waals surface area contributed by atoms with Crippen LogP contribution in [-0.4, -0.2) is 40.0 Å². The van der Waals surface area contributed by atoms with Gasteiger partial charge in [0, 0.05) is 12.6 Å². The second-order valence-corrected chi connectivity index (χ2v) is 4.72. The fourth-order valence-electron chi connectivity index (χ4n) is 2.14. The first-order chi connectivity index (χ1) is 9.74. The van der Waals surface area contributed by atoms with E-state index in [0.717, 1.165) is 44.1 Å². The summed E-state index contributed by atoms with van der Waals surface area (Å²) in [6.45, 7) is 6.72. The molecule has 1 aromatic carbocycles. The van der Waals surface area contributed by atoms with Gasteiger partial charge in [0.15, 0.2) is 11.5 Å². The molecule has 0 aliphatic heterocycles. The van der Waals surface area contributed by atoms with Crippen molar-refractivity contribution < 1.29 is 14.2 Å². The van der Waals surface area contributed by atoms with Crippen LogP contribution in [0.4, 0.5) is 0 Å². The summed E-state index contributed by atoms with van der Waals surface area (Å²) >= 11 is 0. The van der Waals surface area contributed by atoms with Crippen molar-refractivity contribution in [1.82, 2.24) is 5.32 Å². The first-order valence-corrected chi connectivity index (χ1v) is 7.27. The molecule has 0 fully saturated rings. The minimum atomic E-state index is 0.324. The van der Waals surface area contributed by atoms with Crippen LogP contribution in [-0.2, 0) is 11.2 Å². The summed E-state index contributed by atoms with van der Waals surface area (Å²) in [4.78, 5) is 0. The Labute approximate surface area is 122 Å². The van der Waals surface area contributed by atoms with Crippen molar-refractivity contribution in [1.29, 1.82) is 0 Å². The predicted molar refractivity (Wildman–Crippen MR) is 81.8 cm³/mol. The zero-order valence-corrected chi connectivity index (χ0v) is 13.1. The number of hydrogen-bond acceptors (Lipinski definition) is 4. The molecule has 1 unspecified atom stereocenters. The largest absolute Gasteiger partial charge is 0.493 e. The van der Waals surface area contributed by atoms with Crippen LogP contribution in [0.3, 0.4) is 0 Å². The van der Waals surface area contributed by atoms with Crippen LogP contribution in [0.15, 0.2) is 18.2 Å². The van der Waals surface area contributed by atoms with Crippen molar-refractivity contribution in [3.8, 4) is 11.5 Å². The van der Waals surface area contributed by atoms with Crippen molar-refractivity contribution in [2.75, 3.05) is 34.0 Å². The van der Waals surface area contributed by atoms with Crippen LogP contribution >= 0.6 is 0 Å². The van der Waals surface area contributed by atoms with Gasteiger partial charge >= 0.3 is 0 Å². The molecule has 4 nitrogen and oxygen atoms in total. The third-order valence-electron chi connectivity index (χ3n) is 3.09. The summed E-state index contributed by atoms with van der Waals surface area (Å²) in [5, 5.41) is 3.46. The lowest BCUT2D eigenvalue weighted by molar-refractivity contribution is 0.112. The summed E-state index contributed by atoms with van der Waals surface area (Å²) in [5.41, 5.74) is 1.22. The van der Waals surface area contributed by atoms with Crippen molar-refractivity contribution in [2.45, 2.75) is 32.7 Å². The van der Waals surface area contributed by atoms with Gasteiger partial charge in [0.1, 0.15) is 0 Å². The molecular formula is C16H27NO3. The lowest BCUT2D eigenvalue weighted by atomic mass is 10.1. The molecule has 1 N–H and O–H groups in total. The molecule has 0 saturated heterocycles. The molecular weight excluding hydrogens is 254 g/mol. The van der Waals surface area contributed by atoms with Crippen molar-refractivity contribution in [3.63, 3.8) is 0 Å². The quantitative estimate of drug-likeness (QED) is 0.669. The van der Waals surface area contributed by atoms with Crippen LogP contribution in [0, 0.1) is 0 Å². The van der Waals surface area contributed by atoms with E-state index in [1.807, 2.05) is 12.1 Å². The Kier molecular flexibility index (Phi) is 8.07. The molecule has 0 aliphatic carbocycles. The minimum Gasteiger partial charge on any atom is -0.493 e. The van der Waals surface area contributed by atoms with Crippen LogP contribution in [0.1, 0.15) is 25.8 Å². The fraction of sp³-hybridized carbons (Fsp3) is 0.625. The zero-order valence-electron chi connectivity index (χ0n) is 13.1. The average Bonchev–Trinajstić information content (AvgIpc) is 2.47. The molecule has 4 heteroatoms. The number of benzene rings is 1. The molecule has 0 amide bonds. The molecule has 0 aliphatic rings. The number of ether oxygens (including phenoxy) is 3. The molecule has 0 bridgehead atoms. The van der Waals surface area contributed by atoms with Gasteiger partial charge in [-0.15, -0.1) is 0 Å². The topological polar surface area (TPSA) is 39.7 Å². The third-order valence-corrected chi connectivity index (χ3v) is 3.09. The standard InChI is InChI=1S/C16H27NO3/c1-5-9-20-12-14(17-6-2)10-13-7-8-15(18-3)16(11-13)19-4/h7-8,11,14,17H,5-6,9-10,12H2,1-4H3. The molecule has 1 atom stereocenters. The van der Waals surface area contributed by atoms with Crippen LogP contribution in [0.25, 0.3) is 0 Å². The first-order valence-electron chi connectivity index (χ1n) is 7.27. The van der Waals surface area contributed by atoms with Crippen molar-refractivity contribution >= 4 is 0 Å². The maximum Gasteiger partial charge on any atom is 0.160 e. The molecule has 20 heavy (non-hydrogen) atoms. The Morgan fingerprint density at radius 1 is 1.10 bits per heavy atom. The second-order valence-electron chi connectivity index (χ2n) is 4.72. The zero-order chi connectivity index (χ0) is 14.8. The predicted octanol–water partition coefficient (Wildman–Crippen LogP) is 2.65. The van der Waals surface area contributed by atoms with Gasteiger partial charge in [0.25, 0.3) is 0 Å². The molecule has 114 valence electrons. The van der Waals surface area contributed by atoms with E-state index in [-0.39, 0.29) is 0 Å². The van der Waals surface area contributed by atoms with E-state index in [4.69, 9.17) is 14.2 Å². The van der Waals surface area contributed by atoms with Gasteiger partial charge in [0.2, 0.25) is 0 Å². The molecule has 0 heterocycles. The van der Waals surface area contributed by atoms with Gasteiger partial charge < -0.3 is 19.5 Å².